The minimum atomic E-state index is -0.167. The number of ether oxygens (including phenoxy) is 1. The summed E-state index contributed by atoms with van der Waals surface area (Å²) in [5.74, 6) is 0.526. The van der Waals surface area contributed by atoms with Gasteiger partial charge in [-0.15, -0.1) is 0 Å². The smallest absolute Gasteiger partial charge is 0.169 e. The first-order valence-electron chi connectivity index (χ1n) is 6.55. The Hall–Kier alpha value is -1.38. The molecule has 0 fully saturated rings. The molecule has 0 heterocycles. The standard InChI is InChI=1S/C16H17Cl2NO/c1-3-19(13-8-5-4-6-9-13)12(2)20-16-14(17)10-7-11-15(16)18/h4-12H,3H2,1-2H3. The zero-order valence-electron chi connectivity index (χ0n) is 11.5. The van der Waals surface area contributed by atoms with Gasteiger partial charge in [0.1, 0.15) is 0 Å². The zero-order valence-corrected chi connectivity index (χ0v) is 13.0. The number of anilines is 1. The van der Waals surface area contributed by atoms with Gasteiger partial charge in [-0.1, -0.05) is 47.5 Å². The van der Waals surface area contributed by atoms with Crippen molar-refractivity contribution in [3.63, 3.8) is 0 Å². The summed E-state index contributed by atoms with van der Waals surface area (Å²) < 4.78 is 5.95. The molecule has 0 aliphatic heterocycles. The average molecular weight is 310 g/mol. The summed E-state index contributed by atoms with van der Waals surface area (Å²) in [7, 11) is 0. The number of benzene rings is 2. The molecule has 0 saturated heterocycles. The molecule has 0 N–H and O–H groups in total. The van der Waals surface area contributed by atoms with Crippen LogP contribution < -0.4 is 9.64 Å². The second-order valence-corrected chi connectivity index (χ2v) is 5.20. The first-order chi connectivity index (χ1) is 9.63. The quantitative estimate of drug-likeness (QED) is 0.700. The third kappa shape index (κ3) is 3.38. The molecule has 2 nitrogen and oxygen atoms in total. The van der Waals surface area contributed by atoms with Crippen molar-refractivity contribution < 1.29 is 4.74 Å². The van der Waals surface area contributed by atoms with Crippen LogP contribution in [-0.2, 0) is 0 Å². The fourth-order valence-corrected chi connectivity index (χ4v) is 2.58. The second kappa shape index (κ2) is 6.87. The van der Waals surface area contributed by atoms with E-state index in [1.54, 1.807) is 18.2 Å². The van der Waals surface area contributed by atoms with Crippen molar-refractivity contribution in [3.05, 3.63) is 58.6 Å². The van der Waals surface area contributed by atoms with Gasteiger partial charge in [0.15, 0.2) is 12.0 Å². The lowest BCUT2D eigenvalue weighted by molar-refractivity contribution is 0.216. The lowest BCUT2D eigenvalue weighted by atomic mass is 10.3. The van der Waals surface area contributed by atoms with Gasteiger partial charge in [-0.3, -0.25) is 0 Å². The fraction of sp³-hybridized carbons (Fsp3) is 0.250. The first-order valence-corrected chi connectivity index (χ1v) is 7.31. The van der Waals surface area contributed by atoms with Crippen LogP contribution in [0, 0.1) is 0 Å². The van der Waals surface area contributed by atoms with Crippen LogP contribution in [-0.4, -0.2) is 12.8 Å². The predicted octanol–water partition coefficient (Wildman–Crippen LogP) is 5.24. The lowest BCUT2D eigenvalue weighted by Crippen LogP contribution is -2.37. The minimum absolute atomic E-state index is 0.167. The summed E-state index contributed by atoms with van der Waals surface area (Å²) in [4.78, 5) is 2.14. The molecule has 2 rings (SSSR count). The molecule has 106 valence electrons. The van der Waals surface area contributed by atoms with Crippen molar-refractivity contribution in [2.75, 3.05) is 11.4 Å². The molecule has 0 saturated carbocycles. The number of hydrogen-bond acceptors (Lipinski definition) is 2. The summed E-state index contributed by atoms with van der Waals surface area (Å²) in [6.45, 7) is 4.89. The molecule has 1 atom stereocenters. The fourth-order valence-electron chi connectivity index (χ4n) is 2.10. The van der Waals surface area contributed by atoms with Gasteiger partial charge >= 0.3 is 0 Å². The number of rotatable bonds is 5. The van der Waals surface area contributed by atoms with E-state index in [0.29, 0.717) is 15.8 Å². The van der Waals surface area contributed by atoms with Gasteiger partial charge < -0.3 is 9.64 Å². The van der Waals surface area contributed by atoms with Crippen LogP contribution in [0.4, 0.5) is 5.69 Å². The Morgan fingerprint density at radius 2 is 1.60 bits per heavy atom. The lowest BCUT2D eigenvalue weighted by Gasteiger charge is -2.30. The number of halogens is 2. The summed E-state index contributed by atoms with van der Waals surface area (Å²) in [5, 5.41) is 1.04. The summed E-state index contributed by atoms with van der Waals surface area (Å²) in [6, 6.07) is 15.5. The number of nitrogens with zero attached hydrogens (tertiary/aromatic N) is 1. The number of para-hydroxylation sites is 2. The van der Waals surface area contributed by atoms with Gasteiger partial charge in [-0.05, 0) is 38.1 Å². The third-order valence-electron chi connectivity index (χ3n) is 3.07. The van der Waals surface area contributed by atoms with Crippen LogP contribution in [0.5, 0.6) is 5.75 Å². The summed E-state index contributed by atoms with van der Waals surface area (Å²) in [5.41, 5.74) is 1.10. The highest BCUT2D eigenvalue weighted by atomic mass is 35.5. The molecule has 0 bridgehead atoms. The SMILES string of the molecule is CCN(c1ccccc1)C(C)Oc1c(Cl)cccc1Cl. The average Bonchev–Trinajstić information content (AvgIpc) is 2.45. The second-order valence-electron chi connectivity index (χ2n) is 4.39. The molecule has 2 aromatic rings. The Kier molecular flexibility index (Phi) is 5.16. The molecule has 4 heteroatoms. The van der Waals surface area contributed by atoms with Crippen LogP contribution in [0.3, 0.4) is 0 Å². The van der Waals surface area contributed by atoms with E-state index in [2.05, 4.69) is 24.0 Å². The molecule has 0 aliphatic rings. The van der Waals surface area contributed by atoms with Crippen LogP contribution in [0.1, 0.15) is 13.8 Å². The van der Waals surface area contributed by atoms with E-state index in [9.17, 15) is 0 Å². The highest BCUT2D eigenvalue weighted by Crippen LogP contribution is 2.33. The van der Waals surface area contributed by atoms with Crippen molar-refractivity contribution in [2.45, 2.75) is 20.1 Å². The Labute approximate surface area is 129 Å². The molecule has 0 aliphatic carbocycles. The van der Waals surface area contributed by atoms with E-state index < -0.39 is 0 Å². The van der Waals surface area contributed by atoms with E-state index >= 15 is 0 Å². The maximum Gasteiger partial charge on any atom is 0.169 e. The van der Waals surface area contributed by atoms with Gasteiger partial charge in [0, 0.05) is 12.2 Å². The predicted molar refractivity (Wildman–Crippen MR) is 86.0 cm³/mol. The van der Waals surface area contributed by atoms with Crippen LogP contribution >= 0.6 is 23.2 Å². The van der Waals surface area contributed by atoms with Crippen LogP contribution in [0.25, 0.3) is 0 Å². The molecule has 0 radical (unpaired) electrons. The van der Waals surface area contributed by atoms with Crippen LogP contribution in [0.2, 0.25) is 10.0 Å². The van der Waals surface area contributed by atoms with Crippen LogP contribution in [0.15, 0.2) is 48.5 Å². The monoisotopic (exact) mass is 309 g/mol. The van der Waals surface area contributed by atoms with Gasteiger partial charge in [0.25, 0.3) is 0 Å². The third-order valence-corrected chi connectivity index (χ3v) is 3.67. The van der Waals surface area contributed by atoms with Gasteiger partial charge in [-0.25, -0.2) is 0 Å². The molecule has 0 amide bonds. The molecule has 1 unspecified atom stereocenters. The molecular formula is C16H17Cl2NO. The number of hydrogen-bond donors (Lipinski definition) is 0. The Morgan fingerprint density at radius 3 is 2.15 bits per heavy atom. The van der Waals surface area contributed by atoms with Gasteiger partial charge in [0.2, 0.25) is 0 Å². The Morgan fingerprint density at radius 1 is 1.00 bits per heavy atom. The molecule has 2 aromatic carbocycles. The Bertz CT molecular complexity index is 539. The van der Waals surface area contributed by atoms with Crippen molar-refractivity contribution in [1.82, 2.24) is 0 Å². The maximum atomic E-state index is 6.14. The molecule has 20 heavy (non-hydrogen) atoms. The topological polar surface area (TPSA) is 12.5 Å². The minimum Gasteiger partial charge on any atom is -0.468 e. The highest BCUT2D eigenvalue weighted by molar-refractivity contribution is 6.37. The summed E-state index contributed by atoms with van der Waals surface area (Å²) in [6.07, 6.45) is -0.167. The summed E-state index contributed by atoms with van der Waals surface area (Å²) >= 11 is 12.3. The van der Waals surface area contributed by atoms with Gasteiger partial charge in [-0.2, -0.15) is 0 Å². The van der Waals surface area contributed by atoms with Crippen molar-refractivity contribution in [1.29, 1.82) is 0 Å². The molecule has 0 spiro atoms. The van der Waals surface area contributed by atoms with E-state index in [0.717, 1.165) is 12.2 Å². The largest absolute Gasteiger partial charge is 0.468 e. The van der Waals surface area contributed by atoms with E-state index in [4.69, 9.17) is 27.9 Å². The van der Waals surface area contributed by atoms with E-state index in [1.807, 2.05) is 25.1 Å². The molecule has 0 aromatic heterocycles. The zero-order chi connectivity index (χ0) is 14.5. The van der Waals surface area contributed by atoms with Crippen molar-refractivity contribution >= 4 is 28.9 Å². The van der Waals surface area contributed by atoms with E-state index in [-0.39, 0.29) is 6.23 Å². The van der Waals surface area contributed by atoms with Crippen molar-refractivity contribution in [3.8, 4) is 5.75 Å². The van der Waals surface area contributed by atoms with Crippen molar-refractivity contribution in [2.24, 2.45) is 0 Å². The Balaban J connectivity index is 2.20. The van der Waals surface area contributed by atoms with Gasteiger partial charge in [0.05, 0.1) is 10.0 Å². The molecular weight excluding hydrogens is 293 g/mol. The van der Waals surface area contributed by atoms with E-state index in [1.165, 1.54) is 0 Å². The normalized spacial score (nSPS) is 12.0. The highest BCUT2D eigenvalue weighted by Gasteiger charge is 2.17. The first kappa shape index (κ1) is 15.0. The maximum absolute atomic E-state index is 6.14.